The third kappa shape index (κ3) is 2.69. The second-order valence-corrected chi connectivity index (χ2v) is 3.65. The zero-order chi connectivity index (χ0) is 13.8. The maximum Gasteiger partial charge on any atom is 0.338 e. The fourth-order valence-electron chi connectivity index (χ4n) is 1.50. The molecule has 0 saturated carbocycles. The molecule has 2 N–H and O–H groups in total. The normalized spacial score (nSPS) is 10.2. The summed E-state index contributed by atoms with van der Waals surface area (Å²) in [6, 6.07) is 7.51. The molecule has 0 aliphatic heterocycles. The van der Waals surface area contributed by atoms with Gasteiger partial charge in [0.25, 0.3) is 5.88 Å². The van der Waals surface area contributed by atoms with E-state index in [9.17, 15) is 9.18 Å². The van der Waals surface area contributed by atoms with Crippen molar-refractivity contribution in [3.8, 4) is 11.6 Å². The quantitative estimate of drug-likeness (QED) is 0.884. The van der Waals surface area contributed by atoms with E-state index in [1.54, 1.807) is 18.2 Å². The van der Waals surface area contributed by atoms with Gasteiger partial charge in [-0.2, -0.15) is 0 Å². The molecule has 0 saturated heterocycles. The molecule has 1 heterocycles. The van der Waals surface area contributed by atoms with Crippen LogP contribution in [0.25, 0.3) is 0 Å². The smallest absolute Gasteiger partial charge is 0.338 e. The van der Waals surface area contributed by atoms with E-state index in [1.165, 1.54) is 6.07 Å². The summed E-state index contributed by atoms with van der Waals surface area (Å²) in [6.07, 6.45) is 1.14. The van der Waals surface area contributed by atoms with Crippen molar-refractivity contribution >= 4 is 5.97 Å². The first-order valence-electron chi connectivity index (χ1n) is 5.38. The van der Waals surface area contributed by atoms with Crippen molar-refractivity contribution in [2.75, 3.05) is 0 Å². The van der Waals surface area contributed by atoms with Crippen LogP contribution in [0.2, 0.25) is 0 Å². The highest BCUT2D eigenvalue weighted by Gasteiger charge is 2.17. The number of carboxylic acids is 1. The van der Waals surface area contributed by atoms with Gasteiger partial charge in [0.15, 0.2) is 5.82 Å². The number of carboxylic acid groups (broad SMARTS) is 1. The average Bonchev–Trinajstić information content (AvgIpc) is 2.41. The lowest BCUT2D eigenvalue weighted by molar-refractivity contribution is 0.0690. The van der Waals surface area contributed by atoms with Crippen LogP contribution in [0, 0.1) is 5.82 Å². The topological polar surface area (TPSA) is 79.7 Å². The number of aromatic nitrogens is 1. The maximum atomic E-state index is 13.8. The summed E-state index contributed by atoms with van der Waals surface area (Å²) in [7, 11) is 0. The number of hydrogen-bond donors (Lipinski definition) is 2. The number of carbonyl (C=O) groups is 1. The van der Waals surface area contributed by atoms with Crippen molar-refractivity contribution in [2.24, 2.45) is 0 Å². The number of rotatable bonds is 4. The molecule has 0 unspecified atom stereocenters. The zero-order valence-electron chi connectivity index (χ0n) is 9.71. The van der Waals surface area contributed by atoms with E-state index in [0.29, 0.717) is 5.56 Å². The van der Waals surface area contributed by atoms with Crippen molar-refractivity contribution in [3.05, 3.63) is 53.5 Å². The number of benzene rings is 1. The van der Waals surface area contributed by atoms with Crippen LogP contribution in [0.5, 0.6) is 11.6 Å². The van der Waals surface area contributed by atoms with Crippen molar-refractivity contribution in [3.63, 3.8) is 0 Å². The lowest BCUT2D eigenvalue weighted by Gasteiger charge is -2.09. The van der Waals surface area contributed by atoms with Gasteiger partial charge in [-0.15, -0.1) is 0 Å². The molecule has 0 spiro atoms. The number of ether oxygens (including phenoxy) is 1. The van der Waals surface area contributed by atoms with Crippen LogP contribution < -0.4 is 4.74 Å². The molecule has 0 amide bonds. The maximum absolute atomic E-state index is 13.8. The Balaban J connectivity index is 2.39. The molecular weight excluding hydrogens is 253 g/mol. The van der Waals surface area contributed by atoms with Gasteiger partial charge in [0, 0.05) is 11.8 Å². The van der Waals surface area contributed by atoms with Gasteiger partial charge in [-0.05, 0) is 12.1 Å². The molecule has 2 rings (SSSR count). The number of halogens is 1. The minimum atomic E-state index is -1.40. The summed E-state index contributed by atoms with van der Waals surface area (Å²) in [4.78, 5) is 14.4. The Hall–Kier alpha value is -2.47. The van der Waals surface area contributed by atoms with Gasteiger partial charge in [0.1, 0.15) is 11.3 Å². The van der Waals surface area contributed by atoms with Gasteiger partial charge in [-0.25, -0.2) is 14.2 Å². The summed E-state index contributed by atoms with van der Waals surface area (Å²) in [5.41, 5.74) is -0.0732. The summed E-state index contributed by atoms with van der Waals surface area (Å²) in [5.74, 6) is -2.68. The van der Waals surface area contributed by atoms with E-state index in [0.717, 1.165) is 12.3 Å². The molecule has 0 radical (unpaired) electrons. The van der Waals surface area contributed by atoms with Gasteiger partial charge in [0.05, 0.1) is 6.61 Å². The summed E-state index contributed by atoms with van der Waals surface area (Å²) >= 11 is 0. The van der Waals surface area contributed by atoms with Crippen molar-refractivity contribution in [1.29, 1.82) is 0 Å². The summed E-state index contributed by atoms with van der Waals surface area (Å²) in [6.45, 7) is -0.281. The van der Waals surface area contributed by atoms with E-state index in [1.807, 2.05) is 0 Å². The van der Waals surface area contributed by atoms with Crippen LogP contribution in [-0.4, -0.2) is 21.2 Å². The van der Waals surface area contributed by atoms with Crippen LogP contribution in [-0.2, 0) is 6.61 Å². The third-order valence-corrected chi connectivity index (χ3v) is 2.44. The SMILES string of the molecule is O=C(O)c1ccnc(Oc2ccccc2CO)c1F. The van der Waals surface area contributed by atoms with Gasteiger partial charge in [-0.1, -0.05) is 18.2 Å². The first-order chi connectivity index (χ1) is 9.13. The van der Waals surface area contributed by atoms with Gasteiger partial charge >= 0.3 is 5.97 Å². The van der Waals surface area contributed by atoms with E-state index in [4.69, 9.17) is 14.9 Å². The summed E-state index contributed by atoms with van der Waals surface area (Å²) < 4.78 is 19.0. The largest absolute Gasteiger partial charge is 0.478 e. The lowest BCUT2D eigenvalue weighted by atomic mass is 10.2. The number of aliphatic hydroxyl groups excluding tert-OH is 1. The fourth-order valence-corrected chi connectivity index (χ4v) is 1.50. The molecule has 1 aromatic carbocycles. The second-order valence-electron chi connectivity index (χ2n) is 3.65. The highest BCUT2D eigenvalue weighted by Crippen LogP contribution is 2.27. The lowest BCUT2D eigenvalue weighted by Crippen LogP contribution is -2.04. The Morgan fingerprint density at radius 2 is 2.05 bits per heavy atom. The zero-order valence-corrected chi connectivity index (χ0v) is 9.71. The number of pyridine rings is 1. The standard InChI is InChI=1S/C13H10FNO4/c14-11-9(13(17)18)5-6-15-12(11)19-10-4-2-1-3-8(10)7-16/h1-6,16H,7H2,(H,17,18). The number of nitrogens with zero attached hydrogens (tertiary/aromatic N) is 1. The molecule has 0 aliphatic rings. The Morgan fingerprint density at radius 3 is 2.74 bits per heavy atom. The highest BCUT2D eigenvalue weighted by atomic mass is 19.1. The van der Waals surface area contributed by atoms with Gasteiger partial charge < -0.3 is 14.9 Å². The molecule has 0 bridgehead atoms. The monoisotopic (exact) mass is 263 g/mol. The molecular formula is C13H10FNO4. The van der Waals surface area contributed by atoms with E-state index in [-0.39, 0.29) is 12.4 Å². The first-order valence-corrected chi connectivity index (χ1v) is 5.38. The Morgan fingerprint density at radius 1 is 1.32 bits per heavy atom. The molecule has 0 fully saturated rings. The molecule has 19 heavy (non-hydrogen) atoms. The number of aliphatic hydroxyl groups is 1. The van der Waals surface area contributed by atoms with Gasteiger partial charge in [-0.3, -0.25) is 0 Å². The van der Waals surface area contributed by atoms with E-state index < -0.39 is 23.2 Å². The number of para-hydroxylation sites is 1. The van der Waals surface area contributed by atoms with Crippen LogP contribution in [0.1, 0.15) is 15.9 Å². The Kier molecular flexibility index (Phi) is 3.72. The van der Waals surface area contributed by atoms with Crippen molar-refractivity contribution < 1.29 is 24.1 Å². The molecule has 2 aromatic rings. The van der Waals surface area contributed by atoms with Crippen molar-refractivity contribution in [2.45, 2.75) is 6.61 Å². The Bertz CT molecular complexity index is 615. The van der Waals surface area contributed by atoms with Crippen LogP contribution in [0.15, 0.2) is 36.5 Å². The van der Waals surface area contributed by atoms with E-state index >= 15 is 0 Å². The molecule has 98 valence electrons. The predicted molar refractivity (Wildman–Crippen MR) is 63.6 cm³/mol. The van der Waals surface area contributed by atoms with Crippen LogP contribution in [0.3, 0.4) is 0 Å². The predicted octanol–water partition coefficient (Wildman–Crippen LogP) is 2.20. The first kappa shape index (κ1) is 13.0. The average molecular weight is 263 g/mol. The number of hydrogen-bond acceptors (Lipinski definition) is 4. The molecule has 6 heteroatoms. The van der Waals surface area contributed by atoms with Crippen molar-refractivity contribution in [1.82, 2.24) is 4.98 Å². The van der Waals surface area contributed by atoms with E-state index in [2.05, 4.69) is 4.98 Å². The Labute approximate surface area is 107 Å². The fraction of sp³-hybridized carbons (Fsp3) is 0.0769. The molecule has 0 aliphatic carbocycles. The molecule has 5 nitrogen and oxygen atoms in total. The third-order valence-electron chi connectivity index (χ3n) is 2.44. The highest BCUT2D eigenvalue weighted by molar-refractivity contribution is 5.88. The summed E-state index contributed by atoms with van der Waals surface area (Å²) in [5, 5.41) is 17.9. The minimum absolute atomic E-state index is 0.221. The van der Waals surface area contributed by atoms with Gasteiger partial charge in [0.2, 0.25) is 0 Å². The van der Waals surface area contributed by atoms with Crippen LogP contribution in [0.4, 0.5) is 4.39 Å². The minimum Gasteiger partial charge on any atom is -0.478 e. The molecule has 0 atom stereocenters. The molecule has 1 aromatic heterocycles. The second kappa shape index (κ2) is 5.45. The number of aromatic carboxylic acids is 1. The van der Waals surface area contributed by atoms with Crippen LogP contribution >= 0.6 is 0 Å².